The number of nitrogens with one attached hydrogen (secondary N) is 1. The van der Waals surface area contributed by atoms with E-state index in [1.54, 1.807) is 18.2 Å². The maximum atomic E-state index is 12.5. The van der Waals surface area contributed by atoms with Crippen molar-refractivity contribution in [2.45, 2.75) is 32.4 Å². The number of fused-ring (bicyclic) bond motifs is 1. The first-order valence-electron chi connectivity index (χ1n) is 6.92. The summed E-state index contributed by atoms with van der Waals surface area (Å²) in [7, 11) is 0. The summed E-state index contributed by atoms with van der Waals surface area (Å²) in [5, 5.41) is 2.24. The molecule has 7 nitrogen and oxygen atoms in total. The van der Waals surface area contributed by atoms with Gasteiger partial charge in [-0.05, 0) is 18.6 Å². The Morgan fingerprint density at radius 2 is 2.09 bits per heavy atom. The zero-order valence-corrected chi connectivity index (χ0v) is 11.9. The lowest BCUT2D eigenvalue weighted by molar-refractivity contribution is -0.137. The first-order valence-corrected chi connectivity index (χ1v) is 6.92. The van der Waals surface area contributed by atoms with Crippen LogP contribution in [0.15, 0.2) is 18.2 Å². The molecule has 2 heterocycles. The third-order valence-electron chi connectivity index (χ3n) is 3.79. The molecule has 1 saturated heterocycles. The van der Waals surface area contributed by atoms with E-state index in [4.69, 9.17) is 4.74 Å². The van der Waals surface area contributed by atoms with Gasteiger partial charge in [-0.1, -0.05) is 6.07 Å². The highest BCUT2D eigenvalue weighted by molar-refractivity contribution is 6.05. The van der Waals surface area contributed by atoms with Gasteiger partial charge in [0.1, 0.15) is 11.8 Å². The minimum atomic E-state index is -0.678. The molecule has 0 bridgehead atoms. The third kappa shape index (κ3) is 2.34. The van der Waals surface area contributed by atoms with E-state index in [0.717, 1.165) is 0 Å². The molecule has 114 valence electrons. The summed E-state index contributed by atoms with van der Waals surface area (Å²) in [5.74, 6) is -1.23. The number of rotatable bonds is 2. The second-order valence-electron chi connectivity index (χ2n) is 5.28. The first-order chi connectivity index (χ1) is 10.5. The van der Waals surface area contributed by atoms with Crippen molar-refractivity contribution in [1.29, 1.82) is 0 Å². The predicted molar refractivity (Wildman–Crippen MR) is 73.8 cm³/mol. The van der Waals surface area contributed by atoms with Crippen molar-refractivity contribution in [1.82, 2.24) is 10.2 Å². The number of carbonyl (C=O) groups excluding carboxylic acids is 4. The smallest absolute Gasteiger partial charge is 0.308 e. The van der Waals surface area contributed by atoms with E-state index in [-0.39, 0.29) is 24.8 Å². The number of esters is 1. The minimum absolute atomic E-state index is 0.184. The van der Waals surface area contributed by atoms with E-state index in [0.29, 0.717) is 23.3 Å². The van der Waals surface area contributed by atoms with Gasteiger partial charge in [0.25, 0.3) is 5.91 Å². The predicted octanol–water partition coefficient (Wildman–Crippen LogP) is 0.373. The van der Waals surface area contributed by atoms with Gasteiger partial charge in [-0.2, -0.15) is 0 Å². The highest BCUT2D eigenvalue weighted by Gasteiger charge is 2.40. The molecule has 1 aromatic rings. The van der Waals surface area contributed by atoms with Gasteiger partial charge in [-0.3, -0.25) is 24.5 Å². The molecule has 2 aliphatic heterocycles. The molecule has 1 atom stereocenters. The third-order valence-corrected chi connectivity index (χ3v) is 3.79. The molecule has 1 N–H and O–H groups in total. The van der Waals surface area contributed by atoms with E-state index in [2.05, 4.69) is 5.32 Å². The Hall–Kier alpha value is -2.70. The van der Waals surface area contributed by atoms with E-state index < -0.39 is 17.9 Å². The maximum Gasteiger partial charge on any atom is 0.308 e. The lowest BCUT2D eigenvalue weighted by Crippen LogP contribution is -2.52. The van der Waals surface area contributed by atoms with Gasteiger partial charge in [-0.25, -0.2) is 0 Å². The number of hydrogen-bond donors (Lipinski definition) is 1. The van der Waals surface area contributed by atoms with Gasteiger partial charge >= 0.3 is 5.97 Å². The molecule has 3 amide bonds. The fourth-order valence-corrected chi connectivity index (χ4v) is 2.81. The Morgan fingerprint density at radius 1 is 1.32 bits per heavy atom. The van der Waals surface area contributed by atoms with Crippen LogP contribution in [0.4, 0.5) is 0 Å². The Kier molecular flexibility index (Phi) is 3.40. The monoisotopic (exact) mass is 302 g/mol. The average molecular weight is 302 g/mol. The number of carbonyl (C=O) groups is 4. The normalized spacial score (nSPS) is 20.7. The molecule has 0 aromatic heterocycles. The van der Waals surface area contributed by atoms with E-state index in [1.807, 2.05) is 0 Å². The lowest BCUT2D eigenvalue weighted by atomic mass is 10.0. The highest BCUT2D eigenvalue weighted by Crippen LogP contribution is 2.33. The summed E-state index contributed by atoms with van der Waals surface area (Å²) in [6.45, 7) is 1.47. The van der Waals surface area contributed by atoms with Crippen LogP contribution < -0.4 is 10.1 Å². The summed E-state index contributed by atoms with van der Waals surface area (Å²) in [6, 6.07) is 4.20. The number of benzene rings is 1. The zero-order chi connectivity index (χ0) is 15.9. The van der Waals surface area contributed by atoms with Crippen molar-refractivity contribution in [2.24, 2.45) is 0 Å². The van der Waals surface area contributed by atoms with Crippen LogP contribution in [0.3, 0.4) is 0 Å². The Balaban J connectivity index is 1.89. The summed E-state index contributed by atoms with van der Waals surface area (Å²) < 4.78 is 5.11. The maximum absolute atomic E-state index is 12.5. The Labute approximate surface area is 126 Å². The molecule has 2 aliphatic rings. The van der Waals surface area contributed by atoms with Gasteiger partial charge in [-0.15, -0.1) is 0 Å². The van der Waals surface area contributed by atoms with Crippen LogP contribution in [-0.2, 0) is 20.9 Å². The highest BCUT2D eigenvalue weighted by atomic mass is 16.5. The van der Waals surface area contributed by atoms with Gasteiger partial charge in [0, 0.05) is 24.5 Å². The largest absolute Gasteiger partial charge is 0.426 e. The minimum Gasteiger partial charge on any atom is -0.426 e. The van der Waals surface area contributed by atoms with E-state index in [9.17, 15) is 19.2 Å². The SMILES string of the molecule is CC(=O)Oc1cccc2c1CN(C1CCC(=O)NC1=O)C2=O. The Morgan fingerprint density at radius 3 is 2.77 bits per heavy atom. The molecule has 0 saturated carbocycles. The average Bonchev–Trinajstić information content (AvgIpc) is 2.77. The van der Waals surface area contributed by atoms with E-state index in [1.165, 1.54) is 11.8 Å². The van der Waals surface area contributed by atoms with E-state index >= 15 is 0 Å². The van der Waals surface area contributed by atoms with Crippen LogP contribution in [-0.4, -0.2) is 34.6 Å². The number of imide groups is 1. The summed E-state index contributed by atoms with van der Waals surface area (Å²) in [6.07, 6.45) is 0.501. The van der Waals surface area contributed by atoms with Crippen molar-refractivity contribution in [3.8, 4) is 5.75 Å². The zero-order valence-electron chi connectivity index (χ0n) is 11.9. The molecular weight excluding hydrogens is 288 g/mol. The molecule has 0 spiro atoms. The van der Waals surface area contributed by atoms with Gasteiger partial charge in [0.05, 0.1) is 6.54 Å². The first kappa shape index (κ1) is 14.2. The van der Waals surface area contributed by atoms with Gasteiger partial charge in [0.2, 0.25) is 11.8 Å². The molecule has 1 unspecified atom stereocenters. The Bertz CT molecular complexity index is 697. The fourth-order valence-electron chi connectivity index (χ4n) is 2.81. The standard InChI is InChI=1S/C15H14N2O5/c1-8(18)22-12-4-2-3-9-10(12)7-17(15(9)21)11-5-6-13(19)16-14(11)20/h2-4,11H,5-7H2,1H3,(H,16,19,20). The summed E-state index contributed by atoms with van der Waals surface area (Å²) in [5.41, 5.74) is 1.01. The number of nitrogens with zero attached hydrogens (tertiary/aromatic N) is 1. The quantitative estimate of drug-likeness (QED) is 0.484. The molecule has 1 aromatic carbocycles. The number of amides is 3. The topological polar surface area (TPSA) is 92.8 Å². The van der Waals surface area contributed by atoms with Crippen LogP contribution in [0.25, 0.3) is 0 Å². The van der Waals surface area contributed by atoms with Crippen molar-refractivity contribution in [3.63, 3.8) is 0 Å². The van der Waals surface area contributed by atoms with Crippen molar-refractivity contribution in [3.05, 3.63) is 29.3 Å². The van der Waals surface area contributed by atoms with Crippen molar-refractivity contribution < 1.29 is 23.9 Å². The van der Waals surface area contributed by atoms with Gasteiger partial charge in [0.15, 0.2) is 0 Å². The summed E-state index contributed by atoms with van der Waals surface area (Å²) >= 11 is 0. The second-order valence-corrected chi connectivity index (χ2v) is 5.28. The lowest BCUT2D eigenvalue weighted by Gasteiger charge is -2.29. The van der Waals surface area contributed by atoms with Gasteiger partial charge < -0.3 is 9.64 Å². The molecule has 0 radical (unpaired) electrons. The van der Waals surface area contributed by atoms with Crippen LogP contribution in [0.1, 0.15) is 35.7 Å². The van der Waals surface area contributed by atoms with Crippen LogP contribution in [0.5, 0.6) is 5.75 Å². The molecule has 7 heteroatoms. The molecule has 0 aliphatic carbocycles. The van der Waals surface area contributed by atoms with Crippen LogP contribution in [0.2, 0.25) is 0 Å². The number of ether oxygens (including phenoxy) is 1. The van der Waals surface area contributed by atoms with Crippen molar-refractivity contribution >= 4 is 23.7 Å². The van der Waals surface area contributed by atoms with Crippen LogP contribution >= 0.6 is 0 Å². The van der Waals surface area contributed by atoms with Crippen molar-refractivity contribution in [2.75, 3.05) is 0 Å². The van der Waals surface area contributed by atoms with Crippen LogP contribution in [0, 0.1) is 0 Å². The molecule has 3 rings (SSSR count). The second kappa shape index (κ2) is 5.25. The molecule has 22 heavy (non-hydrogen) atoms. The number of piperidine rings is 1. The fraction of sp³-hybridized carbons (Fsp3) is 0.333. The number of hydrogen-bond acceptors (Lipinski definition) is 5. The summed E-state index contributed by atoms with van der Waals surface area (Å²) in [4.78, 5) is 48.2. The molecular formula is C15H14N2O5. The molecule has 1 fully saturated rings.